The van der Waals surface area contributed by atoms with E-state index in [2.05, 4.69) is 15.0 Å². The molecule has 0 saturated carbocycles. The van der Waals surface area contributed by atoms with Gasteiger partial charge < -0.3 is 10.1 Å². The van der Waals surface area contributed by atoms with Gasteiger partial charge in [-0.3, -0.25) is 0 Å². The molecule has 96 valence electrons. The van der Waals surface area contributed by atoms with Crippen LogP contribution in [0.5, 0.6) is 0 Å². The zero-order valence-electron chi connectivity index (χ0n) is 8.79. The van der Waals surface area contributed by atoms with Crippen molar-refractivity contribution >= 4 is 0 Å². The van der Waals surface area contributed by atoms with E-state index in [1.807, 2.05) is 0 Å². The van der Waals surface area contributed by atoms with Gasteiger partial charge >= 0.3 is 6.18 Å². The molecule has 0 aliphatic carbocycles. The number of H-pyrrole nitrogens is 1. The van der Waals surface area contributed by atoms with Crippen molar-refractivity contribution < 1.29 is 22.7 Å². The Kier molecular flexibility index (Phi) is 3.04. The molecule has 0 unspecified atom stereocenters. The smallest absolute Gasteiger partial charge is 0.390 e. The number of halogens is 4. The monoisotopic (exact) mass is 261 g/mol. The van der Waals surface area contributed by atoms with E-state index in [1.165, 1.54) is 6.20 Å². The summed E-state index contributed by atoms with van der Waals surface area (Å²) in [4.78, 5) is 9.52. The van der Waals surface area contributed by atoms with Gasteiger partial charge in [-0.2, -0.15) is 13.2 Å². The van der Waals surface area contributed by atoms with Crippen LogP contribution in [0.4, 0.5) is 17.6 Å². The summed E-state index contributed by atoms with van der Waals surface area (Å²) in [6, 6.07) is 0.351. The lowest BCUT2D eigenvalue weighted by molar-refractivity contribution is -0.137. The number of hydrogen-bond donors (Lipinski definition) is 2. The van der Waals surface area contributed by atoms with Crippen LogP contribution in [0.25, 0.3) is 11.5 Å². The van der Waals surface area contributed by atoms with E-state index in [0.717, 1.165) is 0 Å². The second kappa shape index (κ2) is 4.37. The highest BCUT2D eigenvalue weighted by molar-refractivity contribution is 5.56. The molecule has 18 heavy (non-hydrogen) atoms. The van der Waals surface area contributed by atoms with Gasteiger partial charge in [0.1, 0.15) is 11.5 Å². The molecule has 2 N–H and O–H groups in total. The first-order chi connectivity index (χ1) is 8.41. The lowest BCUT2D eigenvalue weighted by Gasteiger charge is -2.10. The molecule has 2 rings (SSSR count). The predicted octanol–water partition coefficient (Wildman–Crippen LogP) is 2.12. The van der Waals surface area contributed by atoms with Crippen LogP contribution < -0.4 is 0 Å². The minimum absolute atomic E-state index is 0.175. The Labute approximate surface area is 98.3 Å². The Hall–Kier alpha value is -1.96. The SMILES string of the molecule is OCc1cnc(-c2ncc(F)cc2C(F)(F)F)[nH]1. The van der Waals surface area contributed by atoms with Crippen molar-refractivity contribution in [3.63, 3.8) is 0 Å². The normalized spacial score (nSPS) is 11.8. The molecule has 2 heterocycles. The van der Waals surface area contributed by atoms with Crippen LogP contribution in [0, 0.1) is 5.82 Å². The van der Waals surface area contributed by atoms with E-state index in [0.29, 0.717) is 12.3 Å². The summed E-state index contributed by atoms with van der Waals surface area (Å²) < 4.78 is 50.9. The number of rotatable bonds is 2. The third-order valence-corrected chi connectivity index (χ3v) is 2.18. The fourth-order valence-corrected chi connectivity index (χ4v) is 1.40. The number of hydrogen-bond acceptors (Lipinski definition) is 3. The first-order valence-corrected chi connectivity index (χ1v) is 4.79. The van der Waals surface area contributed by atoms with Gasteiger partial charge in [0.2, 0.25) is 0 Å². The van der Waals surface area contributed by atoms with E-state index < -0.39 is 29.9 Å². The van der Waals surface area contributed by atoms with Crippen molar-refractivity contribution in [1.29, 1.82) is 0 Å². The molecule has 0 amide bonds. The van der Waals surface area contributed by atoms with Crippen LogP contribution in [-0.2, 0) is 12.8 Å². The van der Waals surface area contributed by atoms with Crippen LogP contribution in [0.15, 0.2) is 18.5 Å². The number of aromatic amines is 1. The minimum Gasteiger partial charge on any atom is -0.390 e. The topological polar surface area (TPSA) is 61.8 Å². The second-order valence-corrected chi connectivity index (χ2v) is 3.46. The molecule has 2 aromatic heterocycles. The summed E-state index contributed by atoms with van der Waals surface area (Å²) in [5, 5.41) is 8.80. The maximum Gasteiger partial charge on any atom is 0.418 e. The molecule has 0 aliphatic heterocycles. The van der Waals surface area contributed by atoms with Gasteiger partial charge in [0.25, 0.3) is 0 Å². The number of nitrogens with zero attached hydrogens (tertiary/aromatic N) is 2. The van der Waals surface area contributed by atoms with Gasteiger partial charge in [-0.15, -0.1) is 0 Å². The van der Waals surface area contributed by atoms with Crippen LogP contribution in [0.1, 0.15) is 11.3 Å². The molecule has 0 spiro atoms. The van der Waals surface area contributed by atoms with E-state index in [-0.39, 0.29) is 11.5 Å². The summed E-state index contributed by atoms with van der Waals surface area (Å²) in [6.45, 7) is -0.393. The van der Waals surface area contributed by atoms with E-state index >= 15 is 0 Å². The highest BCUT2D eigenvalue weighted by Gasteiger charge is 2.35. The molecular formula is C10H7F4N3O. The van der Waals surface area contributed by atoms with Crippen LogP contribution in [-0.4, -0.2) is 20.1 Å². The average molecular weight is 261 g/mol. The molecule has 0 aromatic carbocycles. The molecule has 0 radical (unpaired) electrons. The molecule has 0 saturated heterocycles. The van der Waals surface area contributed by atoms with E-state index in [1.54, 1.807) is 0 Å². The fourth-order valence-electron chi connectivity index (χ4n) is 1.40. The third-order valence-electron chi connectivity index (χ3n) is 2.18. The van der Waals surface area contributed by atoms with Gasteiger partial charge in [0, 0.05) is 0 Å². The Morgan fingerprint density at radius 2 is 1.94 bits per heavy atom. The Bertz CT molecular complexity index is 564. The molecule has 0 aliphatic rings. The molecule has 0 fully saturated rings. The zero-order valence-corrected chi connectivity index (χ0v) is 8.79. The maximum atomic E-state index is 12.8. The number of aliphatic hydroxyl groups excluding tert-OH is 1. The number of aliphatic hydroxyl groups is 1. The fraction of sp³-hybridized carbons (Fsp3) is 0.200. The van der Waals surface area contributed by atoms with Crippen LogP contribution in [0.3, 0.4) is 0 Å². The van der Waals surface area contributed by atoms with Gasteiger partial charge in [-0.05, 0) is 6.07 Å². The third kappa shape index (κ3) is 2.33. The van der Waals surface area contributed by atoms with Crippen molar-refractivity contribution in [2.45, 2.75) is 12.8 Å². The van der Waals surface area contributed by atoms with E-state index in [9.17, 15) is 17.6 Å². The van der Waals surface area contributed by atoms with Gasteiger partial charge in [0.15, 0.2) is 5.82 Å². The molecule has 4 nitrogen and oxygen atoms in total. The van der Waals surface area contributed by atoms with Crippen LogP contribution in [0.2, 0.25) is 0 Å². The van der Waals surface area contributed by atoms with Crippen molar-refractivity contribution in [2.24, 2.45) is 0 Å². The summed E-state index contributed by atoms with van der Waals surface area (Å²) in [6.07, 6.45) is -2.89. The zero-order chi connectivity index (χ0) is 13.3. The van der Waals surface area contributed by atoms with Gasteiger partial charge in [-0.1, -0.05) is 0 Å². The highest BCUT2D eigenvalue weighted by atomic mass is 19.4. The summed E-state index contributed by atoms with van der Waals surface area (Å²) in [7, 11) is 0. The van der Waals surface area contributed by atoms with Crippen LogP contribution >= 0.6 is 0 Å². The number of imidazole rings is 1. The molecule has 2 aromatic rings. The molecule has 0 atom stereocenters. The summed E-state index contributed by atoms with van der Waals surface area (Å²) in [5.41, 5.74) is -1.49. The quantitative estimate of drug-likeness (QED) is 0.814. The van der Waals surface area contributed by atoms with Crippen molar-refractivity contribution in [3.8, 4) is 11.5 Å². The largest absolute Gasteiger partial charge is 0.418 e. The van der Waals surface area contributed by atoms with Gasteiger partial charge in [0.05, 0.1) is 30.3 Å². The predicted molar refractivity (Wildman–Crippen MR) is 52.7 cm³/mol. The first-order valence-electron chi connectivity index (χ1n) is 4.79. The Morgan fingerprint density at radius 3 is 2.50 bits per heavy atom. The average Bonchev–Trinajstić information content (AvgIpc) is 2.76. The van der Waals surface area contributed by atoms with E-state index in [4.69, 9.17) is 5.11 Å². The number of alkyl halides is 3. The Morgan fingerprint density at radius 1 is 1.22 bits per heavy atom. The summed E-state index contributed by atoms with van der Waals surface area (Å²) in [5.74, 6) is -1.26. The molecule has 8 heteroatoms. The van der Waals surface area contributed by atoms with Gasteiger partial charge in [-0.25, -0.2) is 14.4 Å². The van der Waals surface area contributed by atoms with Crippen molar-refractivity contribution in [1.82, 2.24) is 15.0 Å². The number of aromatic nitrogens is 3. The Balaban J connectivity index is 2.56. The second-order valence-electron chi connectivity index (χ2n) is 3.46. The lowest BCUT2D eigenvalue weighted by Crippen LogP contribution is -2.09. The first kappa shape index (κ1) is 12.5. The minimum atomic E-state index is -4.74. The molecule has 0 bridgehead atoms. The standard InChI is InChI=1S/C10H7F4N3O/c11-5-1-7(10(12,13)14)8(15-2-5)9-16-3-6(4-18)17-9/h1-3,18H,4H2,(H,16,17). The molecular weight excluding hydrogens is 254 g/mol. The maximum absolute atomic E-state index is 12.8. The number of nitrogens with one attached hydrogen (secondary N) is 1. The summed E-state index contributed by atoms with van der Waals surface area (Å²) >= 11 is 0. The highest BCUT2D eigenvalue weighted by Crippen LogP contribution is 2.35. The van der Waals surface area contributed by atoms with Crippen molar-refractivity contribution in [2.75, 3.05) is 0 Å². The lowest BCUT2D eigenvalue weighted by atomic mass is 10.1. The van der Waals surface area contributed by atoms with Crippen molar-refractivity contribution in [3.05, 3.63) is 35.5 Å². The number of pyridine rings is 1.